The number of fused-ring (bicyclic) bond motifs is 1. The van der Waals surface area contributed by atoms with Gasteiger partial charge in [-0.05, 0) is 24.1 Å². The summed E-state index contributed by atoms with van der Waals surface area (Å²) in [6.45, 7) is 3.95. The molecule has 1 aromatic heterocycles. The second-order valence-electron chi connectivity index (χ2n) is 3.66. The summed E-state index contributed by atoms with van der Waals surface area (Å²) in [5, 5.41) is 1.41. The summed E-state index contributed by atoms with van der Waals surface area (Å²) >= 11 is 5.89. The molecular weight excluding hydrogens is 214 g/mol. The molecule has 0 aliphatic carbocycles. The number of halogens is 1. The number of hydrogen-bond donors (Lipinski definition) is 0. The average Bonchev–Trinajstić information content (AvgIpc) is 2.17. The zero-order valence-electron chi connectivity index (χ0n) is 8.45. The van der Waals surface area contributed by atoms with Gasteiger partial charge >= 0.3 is 5.76 Å². The lowest BCUT2D eigenvalue weighted by Gasteiger charge is -2.06. The van der Waals surface area contributed by atoms with Gasteiger partial charge in [0.05, 0.1) is 5.69 Å². The Kier molecular flexibility index (Phi) is 2.49. The van der Waals surface area contributed by atoms with Crippen LogP contribution in [0.3, 0.4) is 0 Å². The summed E-state index contributed by atoms with van der Waals surface area (Å²) in [4.78, 5) is 15.0. The molecule has 2 rings (SSSR count). The summed E-state index contributed by atoms with van der Waals surface area (Å²) < 4.78 is 4.98. The average molecular weight is 224 g/mol. The Morgan fingerprint density at radius 1 is 1.40 bits per heavy atom. The fourth-order valence-corrected chi connectivity index (χ4v) is 1.68. The van der Waals surface area contributed by atoms with Crippen LogP contribution in [0.1, 0.15) is 25.5 Å². The highest BCUT2D eigenvalue weighted by atomic mass is 35.5. The van der Waals surface area contributed by atoms with Gasteiger partial charge in [-0.1, -0.05) is 25.4 Å². The summed E-state index contributed by atoms with van der Waals surface area (Å²) in [5.41, 5.74) is 1.26. The number of rotatable bonds is 1. The first-order valence-electron chi connectivity index (χ1n) is 4.68. The Bertz CT molecular complexity index is 560. The molecule has 4 heteroatoms. The molecule has 3 nitrogen and oxygen atoms in total. The summed E-state index contributed by atoms with van der Waals surface area (Å²) in [5.74, 6) is -0.399. The van der Waals surface area contributed by atoms with Gasteiger partial charge in [0.1, 0.15) is 5.58 Å². The van der Waals surface area contributed by atoms with Gasteiger partial charge in [0.15, 0.2) is 0 Å². The molecular formula is C11H10ClNO2. The van der Waals surface area contributed by atoms with Gasteiger partial charge < -0.3 is 4.42 Å². The van der Waals surface area contributed by atoms with Crippen molar-refractivity contribution in [2.45, 2.75) is 19.8 Å². The standard InChI is InChI=1S/C11H10ClNO2/c1-6(2)10-8-5-7(12)3-4-9(8)15-11(14)13-10/h3-6H,1-2H3. The van der Waals surface area contributed by atoms with Gasteiger partial charge in [-0.15, -0.1) is 0 Å². The zero-order chi connectivity index (χ0) is 11.0. The third-order valence-corrected chi connectivity index (χ3v) is 2.41. The highest BCUT2D eigenvalue weighted by Crippen LogP contribution is 2.24. The van der Waals surface area contributed by atoms with E-state index < -0.39 is 5.76 Å². The Morgan fingerprint density at radius 2 is 2.13 bits per heavy atom. The van der Waals surface area contributed by atoms with E-state index >= 15 is 0 Å². The first-order valence-corrected chi connectivity index (χ1v) is 5.06. The maximum Gasteiger partial charge on any atom is 0.439 e. The Labute approximate surface area is 91.7 Å². The fourth-order valence-electron chi connectivity index (χ4n) is 1.51. The van der Waals surface area contributed by atoms with Gasteiger partial charge in [-0.3, -0.25) is 0 Å². The van der Waals surface area contributed by atoms with Crippen molar-refractivity contribution >= 4 is 22.6 Å². The van der Waals surface area contributed by atoms with Crippen molar-refractivity contribution in [1.82, 2.24) is 4.98 Å². The van der Waals surface area contributed by atoms with Crippen molar-refractivity contribution < 1.29 is 4.42 Å². The van der Waals surface area contributed by atoms with Crippen molar-refractivity contribution in [3.05, 3.63) is 39.5 Å². The molecule has 0 saturated carbocycles. The molecule has 0 bridgehead atoms. The normalized spacial score (nSPS) is 11.2. The minimum absolute atomic E-state index is 0.162. The van der Waals surface area contributed by atoms with E-state index in [1.807, 2.05) is 13.8 Å². The molecule has 0 fully saturated rings. The largest absolute Gasteiger partial charge is 0.439 e. The van der Waals surface area contributed by atoms with Crippen LogP contribution < -0.4 is 5.76 Å². The Balaban J connectivity index is 2.88. The first-order chi connectivity index (χ1) is 7.08. The van der Waals surface area contributed by atoms with Crippen LogP contribution in [0.4, 0.5) is 0 Å². The first kappa shape index (κ1) is 10.2. The van der Waals surface area contributed by atoms with Crippen molar-refractivity contribution in [2.24, 2.45) is 0 Å². The van der Waals surface area contributed by atoms with E-state index in [2.05, 4.69) is 4.98 Å². The molecule has 0 aliphatic heterocycles. The van der Waals surface area contributed by atoms with Crippen LogP contribution in [0, 0.1) is 0 Å². The van der Waals surface area contributed by atoms with Crippen molar-refractivity contribution in [3.8, 4) is 0 Å². The van der Waals surface area contributed by atoms with E-state index in [4.69, 9.17) is 16.0 Å². The number of benzene rings is 1. The smallest absolute Gasteiger partial charge is 0.408 e. The molecule has 0 radical (unpaired) electrons. The van der Waals surface area contributed by atoms with Gasteiger partial charge in [0.2, 0.25) is 0 Å². The lowest BCUT2D eigenvalue weighted by atomic mass is 10.1. The Hall–Kier alpha value is -1.35. The third-order valence-electron chi connectivity index (χ3n) is 2.17. The molecule has 0 saturated heterocycles. The Morgan fingerprint density at radius 3 is 2.80 bits per heavy atom. The molecule has 78 valence electrons. The van der Waals surface area contributed by atoms with E-state index in [0.29, 0.717) is 10.6 Å². The minimum atomic E-state index is -0.562. The van der Waals surface area contributed by atoms with Gasteiger partial charge in [0.25, 0.3) is 0 Å². The van der Waals surface area contributed by atoms with E-state index in [9.17, 15) is 4.79 Å². The molecule has 0 unspecified atom stereocenters. The van der Waals surface area contributed by atoms with Gasteiger partial charge in [-0.2, -0.15) is 4.98 Å². The molecule has 0 amide bonds. The van der Waals surface area contributed by atoms with Crippen molar-refractivity contribution in [2.75, 3.05) is 0 Å². The minimum Gasteiger partial charge on any atom is -0.408 e. The predicted octanol–water partition coefficient (Wildman–Crippen LogP) is 2.96. The van der Waals surface area contributed by atoms with Gasteiger partial charge in [-0.25, -0.2) is 4.79 Å². The van der Waals surface area contributed by atoms with Crippen LogP contribution in [0.25, 0.3) is 11.0 Å². The maximum atomic E-state index is 11.2. The zero-order valence-corrected chi connectivity index (χ0v) is 9.21. The van der Waals surface area contributed by atoms with Crippen LogP contribution in [-0.4, -0.2) is 4.98 Å². The lowest BCUT2D eigenvalue weighted by molar-refractivity contribution is 0.523. The molecule has 1 heterocycles. The van der Waals surface area contributed by atoms with Crippen LogP contribution in [-0.2, 0) is 0 Å². The topological polar surface area (TPSA) is 43.1 Å². The molecule has 0 aliphatic rings. The van der Waals surface area contributed by atoms with E-state index in [1.165, 1.54) is 0 Å². The van der Waals surface area contributed by atoms with Crippen LogP contribution in [0.2, 0.25) is 5.02 Å². The predicted molar refractivity (Wildman–Crippen MR) is 59.4 cm³/mol. The second-order valence-corrected chi connectivity index (χ2v) is 4.10. The highest BCUT2D eigenvalue weighted by molar-refractivity contribution is 6.31. The quantitative estimate of drug-likeness (QED) is 0.747. The maximum absolute atomic E-state index is 11.2. The fraction of sp³-hybridized carbons (Fsp3) is 0.273. The number of nitrogens with zero attached hydrogens (tertiary/aromatic N) is 1. The molecule has 0 N–H and O–H groups in total. The van der Waals surface area contributed by atoms with Crippen molar-refractivity contribution in [1.29, 1.82) is 0 Å². The number of aromatic nitrogens is 1. The molecule has 0 atom stereocenters. The molecule has 15 heavy (non-hydrogen) atoms. The lowest BCUT2D eigenvalue weighted by Crippen LogP contribution is -2.09. The van der Waals surface area contributed by atoms with Crippen LogP contribution in [0.5, 0.6) is 0 Å². The summed E-state index contributed by atoms with van der Waals surface area (Å²) in [7, 11) is 0. The van der Waals surface area contributed by atoms with Crippen molar-refractivity contribution in [3.63, 3.8) is 0 Å². The van der Waals surface area contributed by atoms with E-state index in [0.717, 1.165) is 11.1 Å². The second kappa shape index (κ2) is 3.66. The monoisotopic (exact) mass is 223 g/mol. The molecule has 2 aromatic rings. The third kappa shape index (κ3) is 1.88. The summed E-state index contributed by atoms with van der Waals surface area (Å²) in [6, 6.07) is 5.14. The highest BCUT2D eigenvalue weighted by Gasteiger charge is 2.10. The van der Waals surface area contributed by atoms with Crippen LogP contribution in [0.15, 0.2) is 27.4 Å². The SMILES string of the molecule is CC(C)c1nc(=O)oc2ccc(Cl)cc12. The molecule has 1 aromatic carbocycles. The number of hydrogen-bond acceptors (Lipinski definition) is 3. The summed E-state index contributed by atoms with van der Waals surface area (Å²) in [6.07, 6.45) is 0. The molecule has 0 spiro atoms. The van der Waals surface area contributed by atoms with E-state index in [-0.39, 0.29) is 5.92 Å². The van der Waals surface area contributed by atoms with Gasteiger partial charge in [0, 0.05) is 10.4 Å². The van der Waals surface area contributed by atoms with Crippen LogP contribution >= 0.6 is 11.6 Å². The van der Waals surface area contributed by atoms with E-state index in [1.54, 1.807) is 18.2 Å².